The van der Waals surface area contributed by atoms with Crippen LogP contribution in [0.4, 0.5) is 0 Å². The Labute approximate surface area is 95.6 Å². The topological polar surface area (TPSA) is 57.6 Å². The Bertz CT molecular complexity index is 286. The molecule has 1 aliphatic carbocycles. The number of carboxylic acid groups (broad SMARTS) is 1. The molecule has 0 spiro atoms. The van der Waals surface area contributed by atoms with Crippen molar-refractivity contribution in [1.29, 1.82) is 0 Å². The number of hydrogen-bond acceptors (Lipinski definition) is 2. The van der Waals surface area contributed by atoms with Gasteiger partial charge in [0.05, 0.1) is 5.92 Å². The highest BCUT2D eigenvalue weighted by Crippen LogP contribution is 2.30. The molecule has 2 rings (SSSR count). The molecule has 90 valence electrons. The smallest absolute Gasteiger partial charge is 0.308 e. The molecule has 0 aromatic rings. The molecular formula is C12H19NO3. The number of likely N-dealkylation sites (tertiary alicyclic amines) is 1. The third-order valence-electron chi connectivity index (χ3n) is 3.81. The highest BCUT2D eigenvalue weighted by atomic mass is 16.4. The molecule has 0 radical (unpaired) electrons. The number of carboxylic acids is 1. The average Bonchev–Trinajstić information content (AvgIpc) is 2.23. The molecule has 1 heterocycles. The van der Waals surface area contributed by atoms with Gasteiger partial charge in [0.1, 0.15) is 0 Å². The molecule has 2 aliphatic rings. The van der Waals surface area contributed by atoms with Gasteiger partial charge in [-0.3, -0.25) is 9.59 Å². The number of amides is 1. The second-order valence-electron chi connectivity index (χ2n) is 5.02. The van der Waals surface area contributed by atoms with E-state index in [-0.39, 0.29) is 11.8 Å². The van der Waals surface area contributed by atoms with Gasteiger partial charge in [0, 0.05) is 19.5 Å². The lowest BCUT2D eigenvalue weighted by molar-refractivity contribution is -0.146. The summed E-state index contributed by atoms with van der Waals surface area (Å²) in [5, 5.41) is 8.94. The van der Waals surface area contributed by atoms with Crippen LogP contribution in [0.2, 0.25) is 0 Å². The van der Waals surface area contributed by atoms with E-state index >= 15 is 0 Å². The van der Waals surface area contributed by atoms with Gasteiger partial charge in [-0.1, -0.05) is 6.42 Å². The molecule has 1 unspecified atom stereocenters. The Morgan fingerprint density at radius 3 is 2.50 bits per heavy atom. The van der Waals surface area contributed by atoms with Crippen LogP contribution in [0.5, 0.6) is 0 Å². The molecule has 16 heavy (non-hydrogen) atoms. The van der Waals surface area contributed by atoms with Crippen LogP contribution in [-0.4, -0.2) is 35.0 Å². The Kier molecular flexibility index (Phi) is 3.46. The van der Waals surface area contributed by atoms with Crippen molar-refractivity contribution in [3.8, 4) is 0 Å². The molecule has 1 amide bonds. The van der Waals surface area contributed by atoms with Crippen LogP contribution >= 0.6 is 0 Å². The minimum absolute atomic E-state index is 0.163. The Balaban J connectivity index is 1.83. The van der Waals surface area contributed by atoms with E-state index < -0.39 is 5.97 Å². The maximum atomic E-state index is 11.9. The molecule has 4 heteroatoms. The van der Waals surface area contributed by atoms with Crippen LogP contribution in [0.3, 0.4) is 0 Å². The summed E-state index contributed by atoms with van der Waals surface area (Å²) < 4.78 is 0. The van der Waals surface area contributed by atoms with Crippen LogP contribution < -0.4 is 0 Å². The second-order valence-corrected chi connectivity index (χ2v) is 5.02. The zero-order valence-corrected chi connectivity index (χ0v) is 9.52. The summed E-state index contributed by atoms with van der Waals surface area (Å²) in [4.78, 5) is 24.5. The third-order valence-corrected chi connectivity index (χ3v) is 3.81. The van der Waals surface area contributed by atoms with E-state index in [1.54, 1.807) is 4.90 Å². The molecular weight excluding hydrogens is 206 g/mol. The van der Waals surface area contributed by atoms with E-state index in [0.29, 0.717) is 25.3 Å². The largest absolute Gasteiger partial charge is 0.481 e. The monoisotopic (exact) mass is 225 g/mol. The molecule has 1 N–H and O–H groups in total. The Morgan fingerprint density at radius 1 is 1.19 bits per heavy atom. The van der Waals surface area contributed by atoms with Crippen molar-refractivity contribution in [2.75, 3.05) is 13.1 Å². The van der Waals surface area contributed by atoms with Crippen molar-refractivity contribution >= 4 is 11.9 Å². The standard InChI is InChI=1S/C12H19NO3/c14-11(7-9-3-1-4-9)13-6-2-5-10(8-13)12(15)16/h9-10H,1-8H2,(H,15,16). The van der Waals surface area contributed by atoms with Crippen LogP contribution in [0.15, 0.2) is 0 Å². The maximum absolute atomic E-state index is 11.9. The van der Waals surface area contributed by atoms with Crippen molar-refractivity contribution in [2.45, 2.75) is 38.5 Å². The van der Waals surface area contributed by atoms with Gasteiger partial charge in [0.2, 0.25) is 5.91 Å². The number of aliphatic carboxylic acids is 1. The average molecular weight is 225 g/mol. The van der Waals surface area contributed by atoms with Crippen molar-refractivity contribution in [3.05, 3.63) is 0 Å². The third kappa shape index (κ3) is 2.54. The summed E-state index contributed by atoms with van der Waals surface area (Å²) in [6.45, 7) is 1.16. The zero-order chi connectivity index (χ0) is 11.5. The number of carbonyl (C=O) groups excluding carboxylic acids is 1. The number of nitrogens with zero attached hydrogens (tertiary/aromatic N) is 1. The van der Waals surface area contributed by atoms with E-state index in [9.17, 15) is 9.59 Å². The van der Waals surface area contributed by atoms with E-state index in [2.05, 4.69) is 0 Å². The maximum Gasteiger partial charge on any atom is 0.308 e. The van der Waals surface area contributed by atoms with Gasteiger partial charge >= 0.3 is 5.97 Å². The Hall–Kier alpha value is -1.06. The van der Waals surface area contributed by atoms with Crippen LogP contribution in [0.25, 0.3) is 0 Å². The molecule has 4 nitrogen and oxygen atoms in total. The van der Waals surface area contributed by atoms with Crippen molar-refractivity contribution in [2.24, 2.45) is 11.8 Å². The van der Waals surface area contributed by atoms with E-state index in [1.165, 1.54) is 19.3 Å². The highest BCUT2D eigenvalue weighted by Gasteiger charge is 2.30. The SMILES string of the molecule is O=C(O)C1CCCN(C(=O)CC2CCC2)C1. The fraction of sp³-hybridized carbons (Fsp3) is 0.833. The van der Waals surface area contributed by atoms with Gasteiger partial charge in [0.15, 0.2) is 0 Å². The first-order valence-electron chi connectivity index (χ1n) is 6.17. The lowest BCUT2D eigenvalue weighted by atomic mass is 9.82. The van der Waals surface area contributed by atoms with Crippen molar-refractivity contribution in [3.63, 3.8) is 0 Å². The molecule has 1 saturated heterocycles. The number of hydrogen-bond donors (Lipinski definition) is 1. The van der Waals surface area contributed by atoms with Gasteiger partial charge in [-0.2, -0.15) is 0 Å². The van der Waals surface area contributed by atoms with Gasteiger partial charge < -0.3 is 10.0 Å². The van der Waals surface area contributed by atoms with Gasteiger partial charge in [-0.05, 0) is 31.6 Å². The van der Waals surface area contributed by atoms with E-state index in [4.69, 9.17) is 5.11 Å². The minimum atomic E-state index is -0.763. The summed E-state index contributed by atoms with van der Waals surface area (Å²) in [6.07, 6.45) is 5.75. The predicted molar refractivity (Wildman–Crippen MR) is 58.9 cm³/mol. The Morgan fingerprint density at radius 2 is 1.94 bits per heavy atom. The normalized spacial score (nSPS) is 26.2. The second kappa shape index (κ2) is 4.85. The van der Waals surface area contributed by atoms with Gasteiger partial charge in [-0.15, -0.1) is 0 Å². The summed E-state index contributed by atoms with van der Waals surface area (Å²) in [5.41, 5.74) is 0. The zero-order valence-electron chi connectivity index (χ0n) is 9.52. The number of rotatable bonds is 3. The fourth-order valence-corrected chi connectivity index (χ4v) is 2.48. The summed E-state index contributed by atoms with van der Waals surface area (Å²) in [6, 6.07) is 0. The molecule has 1 saturated carbocycles. The lowest BCUT2D eigenvalue weighted by Gasteiger charge is -2.33. The molecule has 1 atom stereocenters. The number of carbonyl (C=O) groups is 2. The fourth-order valence-electron chi connectivity index (χ4n) is 2.48. The van der Waals surface area contributed by atoms with Crippen molar-refractivity contribution < 1.29 is 14.7 Å². The first kappa shape index (κ1) is 11.4. The minimum Gasteiger partial charge on any atom is -0.481 e. The van der Waals surface area contributed by atoms with Crippen LogP contribution in [0.1, 0.15) is 38.5 Å². The van der Waals surface area contributed by atoms with E-state index in [1.807, 2.05) is 0 Å². The van der Waals surface area contributed by atoms with Gasteiger partial charge in [0.25, 0.3) is 0 Å². The molecule has 0 bridgehead atoms. The molecule has 2 fully saturated rings. The lowest BCUT2D eigenvalue weighted by Crippen LogP contribution is -2.43. The molecule has 0 aromatic heterocycles. The summed E-state index contributed by atoms with van der Waals surface area (Å²) in [5.74, 6) is -0.381. The number of piperidine rings is 1. The first-order valence-corrected chi connectivity index (χ1v) is 6.17. The van der Waals surface area contributed by atoms with Crippen LogP contribution in [0, 0.1) is 11.8 Å². The molecule has 1 aliphatic heterocycles. The highest BCUT2D eigenvalue weighted by molar-refractivity contribution is 5.78. The predicted octanol–water partition coefficient (Wildman–Crippen LogP) is 1.50. The molecule has 0 aromatic carbocycles. The van der Waals surface area contributed by atoms with Crippen LogP contribution in [-0.2, 0) is 9.59 Å². The summed E-state index contributed by atoms with van der Waals surface area (Å²) in [7, 11) is 0. The summed E-state index contributed by atoms with van der Waals surface area (Å²) >= 11 is 0. The van der Waals surface area contributed by atoms with E-state index in [0.717, 1.165) is 13.0 Å². The van der Waals surface area contributed by atoms with Gasteiger partial charge in [-0.25, -0.2) is 0 Å². The first-order chi connectivity index (χ1) is 7.66. The quantitative estimate of drug-likeness (QED) is 0.791. The van der Waals surface area contributed by atoms with Crippen molar-refractivity contribution in [1.82, 2.24) is 4.90 Å².